The maximum Gasteiger partial charge on any atom is 0.284 e. The van der Waals surface area contributed by atoms with E-state index in [1.807, 2.05) is 19.1 Å². The minimum absolute atomic E-state index is 0.0801. The highest BCUT2D eigenvalue weighted by Crippen LogP contribution is 2.32. The van der Waals surface area contributed by atoms with Gasteiger partial charge < -0.3 is 15.7 Å². The number of amides is 2. The minimum Gasteiger partial charge on any atom is -0.364 e. The number of nitrogens with zero attached hydrogens (tertiary/aromatic N) is 3. The highest BCUT2D eigenvalue weighted by atomic mass is 79.9. The van der Waals surface area contributed by atoms with Gasteiger partial charge in [-0.2, -0.15) is 0 Å². The summed E-state index contributed by atoms with van der Waals surface area (Å²) in [5, 5.41) is 0. The molecule has 2 amide bonds. The van der Waals surface area contributed by atoms with E-state index in [-0.39, 0.29) is 17.3 Å². The van der Waals surface area contributed by atoms with Gasteiger partial charge in [-0.15, -0.1) is 0 Å². The molecule has 4 aromatic rings. The van der Waals surface area contributed by atoms with Crippen LogP contribution in [0.4, 0.5) is 16.0 Å². The van der Waals surface area contributed by atoms with Crippen molar-refractivity contribution in [3.8, 4) is 0 Å². The van der Waals surface area contributed by atoms with Gasteiger partial charge in [0.25, 0.3) is 11.8 Å². The molecule has 4 rings (SSSR count). The zero-order valence-electron chi connectivity index (χ0n) is 15.0. The SMILES string of the molecule is Cc1ccc(Br)cc1N(C(=O)c1[nH]cnc1C(N)=O)c1nc2ccc(F)cc2[nH]1. The van der Waals surface area contributed by atoms with E-state index < -0.39 is 17.6 Å². The average molecular weight is 457 g/mol. The molecule has 0 fully saturated rings. The van der Waals surface area contributed by atoms with Gasteiger partial charge >= 0.3 is 0 Å². The molecule has 0 aliphatic heterocycles. The van der Waals surface area contributed by atoms with Crippen LogP contribution in [0.2, 0.25) is 0 Å². The summed E-state index contributed by atoms with van der Waals surface area (Å²) in [6, 6.07) is 9.47. The van der Waals surface area contributed by atoms with Crippen LogP contribution in [0.15, 0.2) is 47.2 Å². The lowest BCUT2D eigenvalue weighted by atomic mass is 10.1. The molecule has 4 N–H and O–H groups in total. The van der Waals surface area contributed by atoms with E-state index in [1.54, 1.807) is 6.07 Å². The number of carbonyl (C=O) groups excluding carboxylic acids is 2. The average Bonchev–Trinajstić information content (AvgIpc) is 3.31. The summed E-state index contributed by atoms with van der Waals surface area (Å²) in [6.45, 7) is 1.83. The predicted octanol–water partition coefficient (Wildman–Crippen LogP) is 3.57. The number of aromatic amines is 2. The first kappa shape index (κ1) is 18.8. The third kappa shape index (κ3) is 3.38. The molecule has 0 aliphatic carbocycles. The molecule has 2 aromatic carbocycles. The number of primary amides is 1. The van der Waals surface area contributed by atoms with E-state index in [2.05, 4.69) is 35.9 Å². The van der Waals surface area contributed by atoms with Crippen molar-refractivity contribution in [1.29, 1.82) is 0 Å². The van der Waals surface area contributed by atoms with Gasteiger partial charge in [0.1, 0.15) is 11.5 Å². The van der Waals surface area contributed by atoms with E-state index in [0.29, 0.717) is 16.7 Å². The Kier molecular flexibility index (Phi) is 4.63. The summed E-state index contributed by atoms with van der Waals surface area (Å²) in [6.07, 6.45) is 1.22. The summed E-state index contributed by atoms with van der Waals surface area (Å²) in [4.78, 5) is 40.3. The second-order valence-corrected chi connectivity index (χ2v) is 7.20. The second-order valence-electron chi connectivity index (χ2n) is 6.28. The third-order valence-electron chi connectivity index (χ3n) is 4.35. The highest BCUT2D eigenvalue weighted by Gasteiger charge is 2.29. The Bertz CT molecular complexity index is 1260. The van der Waals surface area contributed by atoms with Gasteiger partial charge in [-0.05, 0) is 42.8 Å². The van der Waals surface area contributed by atoms with Crippen molar-refractivity contribution < 1.29 is 14.0 Å². The van der Waals surface area contributed by atoms with Gasteiger partial charge in [-0.25, -0.2) is 19.3 Å². The topological polar surface area (TPSA) is 121 Å². The monoisotopic (exact) mass is 456 g/mol. The van der Waals surface area contributed by atoms with Crippen LogP contribution in [0.25, 0.3) is 11.0 Å². The third-order valence-corrected chi connectivity index (χ3v) is 4.84. The Labute approximate surface area is 172 Å². The quantitative estimate of drug-likeness (QED) is 0.434. The van der Waals surface area contributed by atoms with E-state index in [9.17, 15) is 14.0 Å². The number of fused-ring (bicyclic) bond motifs is 1. The number of aromatic nitrogens is 4. The Balaban J connectivity index is 1.93. The first-order chi connectivity index (χ1) is 13.8. The molecule has 0 bridgehead atoms. The van der Waals surface area contributed by atoms with Gasteiger partial charge in [0.2, 0.25) is 5.95 Å². The van der Waals surface area contributed by atoms with Crippen molar-refractivity contribution in [3.05, 3.63) is 70.0 Å². The maximum absolute atomic E-state index is 13.6. The molecule has 8 nitrogen and oxygen atoms in total. The van der Waals surface area contributed by atoms with E-state index in [4.69, 9.17) is 5.73 Å². The normalized spacial score (nSPS) is 11.0. The van der Waals surface area contributed by atoms with Crippen LogP contribution in [0.1, 0.15) is 26.5 Å². The van der Waals surface area contributed by atoms with Gasteiger partial charge in [-0.3, -0.25) is 9.59 Å². The number of halogens is 2. The number of nitrogens with two attached hydrogens (primary N) is 1. The fourth-order valence-corrected chi connectivity index (χ4v) is 3.32. The van der Waals surface area contributed by atoms with Crippen LogP contribution in [0.5, 0.6) is 0 Å². The van der Waals surface area contributed by atoms with Crippen molar-refractivity contribution in [3.63, 3.8) is 0 Å². The Hall–Kier alpha value is -3.53. The molecule has 0 unspecified atom stereocenters. The lowest BCUT2D eigenvalue weighted by Gasteiger charge is -2.22. The summed E-state index contributed by atoms with van der Waals surface area (Å²) in [5.41, 5.74) is 7.26. The fraction of sp³-hybridized carbons (Fsp3) is 0.0526. The number of H-pyrrole nitrogens is 2. The number of anilines is 2. The number of hydrogen-bond acceptors (Lipinski definition) is 4. The van der Waals surface area contributed by atoms with Crippen LogP contribution >= 0.6 is 15.9 Å². The molecule has 0 saturated carbocycles. The minimum atomic E-state index is -0.841. The number of benzene rings is 2. The zero-order valence-corrected chi connectivity index (χ0v) is 16.6. The lowest BCUT2D eigenvalue weighted by molar-refractivity contribution is 0.0961. The zero-order chi connectivity index (χ0) is 20.7. The summed E-state index contributed by atoms with van der Waals surface area (Å²) < 4.78 is 14.3. The number of imidazole rings is 2. The Morgan fingerprint density at radius 1 is 1.21 bits per heavy atom. The van der Waals surface area contributed by atoms with Gasteiger partial charge in [0.05, 0.1) is 23.0 Å². The van der Waals surface area contributed by atoms with Crippen LogP contribution in [0, 0.1) is 12.7 Å². The van der Waals surface area contributed by atoms with Gasteiger partial charge in [0.15, 0.2) is 5.69 Å². The van der Waals surface area contributed by atoms with Crippen LogP contribution in [-0.2, 0) is 0 Å². The van der Waals surface area contributed by atoms with Crippen molar-refractivity contribution in [1.82, 2.24) is 19.9 Å². The second kappa shape index (κ2) is 7.13. The van der Waals surface area contributed by atoms with Crippen LogP contribution in [0.3, 0.4) is 0 Å². The molecule has 0 atom stereocenters. The Morgan fingerprint density at radius 3 is 2.76 bits per heavy atom. The Morgan fingerprint density at radius 2 is 2.00 bits per heavy atom. The standard InChI is InChI=1S/C19H14BrFN6O2/c1-9-2-3-10(20)6-14(9)27(18(29)16-15(17(22)28)23-8-24-16)19-25-12-5-4-11(21)7-13(12)26-19/h2-8H,1H3,(H2,22,28)(H,23,24)(H,25,26). The van der Waals surface area contributed by atoms with E-state index in [1.165, 1.54) is 29.4 Å². The van der Waals surface area contributed by atoms with Crippen molar-refractivity contribution in [2.75, 3.05) is 4.90 Å². The fourth-order valence-electron chi connectivity index (χ4n) is 2.97. The number of rotatable bonds is 4. The number of aryl methyl sites for hydroxylation is 1. The molecule has 2 aromatic heterocycles. The van der Waals surface area contributed by atoms with Crippen molar-refractivity contribution >= 4 is 50.4 Å². The smallest absolute Gasteiger partial charge is 0.284 e. The first-order valence-electron chi connectivity index (χ1n) is 8.44. The number of carbonyl (C=O) groups is 2. The molecule has 0 saturated heterocycles. The van der Waals surface area contributed by atoms with E-state index >= 15 is 0 Å². The van der Waals surface area contributed by atoms with Crippen LogP contribution < -0.4 is 10.6 Å². The number of nitrogens with one attached hydrogen (secondary N) is 2. The molecular weight excluding hydrogens is 443 g/mol. The highest BCUT2D eigenvalue weighted by molar-refractivity contribution is 9.10. The number of hydrogen-bond donors (Lipinski definition) is 3. The molecule has 10 heteroatoms. The lowest BCUT2D eigenvalue weighted by Crippen LogP contribution is -2.30. The van der Waals surface area contributed by atoms with Crippen LogP contribution in [-0.4, -0.2) is 31.8 Å². The van der Waals surface area contributed by atoms with Crippen molar-refractivity contribution in [2.45, 2.75) is 6.92 Å². The summed E-state index contributed by atoms with van der Waals surface area (Å²) in [5.74, 6) is -1.72. The maximum atomic E-state index is 13.6. The first-order valence-corrected chi connectivity index (χ1v) is 9.23. The largest absolute Gasteiger partial charge is 0.364 e. The molecular formula is C19H14BrFN6O2. The van der Waals surface area contributed by atoms with Crippen molar-refractivity contribution in [2.24, 2.45) is 5.73 Å². The summed E-state index contributed by atoms with van der Waals surface area (Å²) in [7, 11) is 0. The van der Waals surface area contributed by atoms with Gasteiger partial charge in [0, 0.05) is 4.47 Å². The predicted molar refractivity (Wildman–Crippen MR) is 109 cm³/mol. The molecule has 2 heterocycles. The summed E-state index contributed by atoms with van der Waals surface area (Å²) >= 11 is 3.40. The molecule has 29 heavy (non-hydrogen) atoms. The molecule has 146 valence electrons. The molecule has 0 radical (unpaired) electrons. The van der Waals surface area contributed by atoms with E-state index in [0.717, 1.165) is 10.0 Å². The molecule has 0 spiro atoms. The van der Waals surface area contributed by atoms with Gasteiger partial charge in [-0.1, -0.05) is 22.0 Å². The molecule has 0 aliphatic rings.